The molecule has 3 saturated heterocycles. The Balaban J connectivity index is 0.000000259. The molecule has 3 heterocycles. The molecule has 0 aromatic carbocycles. The normalized spacial score (nSPS) is 34.0. The maximum atomic E-state index is 14.4. The molecule has 13 atom stereocenters. The number of nitrogens with one attached hydrogen (secondary N) is 10. The van der Waals surface area contributed by atoms with Crippen molar-refractivity contribution < 1.29 is 71.7 Å². The highest BCUT2D eigenvalue weighted by Gasteiger charge is 2.54. The van der Waals surface area contributed by atoms with Gasteiger partial charge in [-0.3, -0.25) is 57.5 Å². The van der Waals surface area contributed by atoms with Crippen molar-refractivity contribution in [1.82, 2.24) is 63.0 Å². The van der Waals surface area contributed by atoms with Crippen LogP contribution in [0.25, 0.3) is 0 Å². The molecule has 113 heavy (non-hydrogen) atoms. The summed E-state index contributed by atoms with van der Waals surface area (Å²) in [5, 5.41) is 28.6. The van der Waals surface area contributed by atoms with Crippen molar-refractivity contribution in [1.29, 1.82) is 0 Å². The van der Waals surface area contributed by atoms with Gasteiger partial charge in [-0.15, -0.1) is 0 Å². The second-order valence-corrected chi connectivity index (χ2v) is 36.5. The number of nitrogens with zero attached hydrogens (tertiary/aromatic N) is 2. The fourth-order valence-electron chi connectivity index (χ4n) is 19.7. The Morgan fingerprint density at radius 3 is 1.60 bits per heavy atom. The Morgan fingerprint density at radius 2 is 1.09 bits per heavy atom. The molecular weight excluding hydrogens is 1450 g/mol. The molecule has 16 N–H and O–H groups in total. The highest BCUT2D eigenvalue weighted by atomic mass is 16.5. The summed E-state index contributed by atoms with van der Waals surface area (Å²) in [5.41, 5.74) is 19.0. The van der Waals surface area contributed by atoms with Gasteiger partial charge in [0.05, 0.1) is 37.3 Å². The van der Waals surface area contributed by atoms with Crippen molar-refractivity contribution in [2.75, 3.05) is 66.6 Å². The Kier molecular flexibility index (Phi) is 33.6. The highest BCUT2D eigenvalue weighted by Crippen LogP contribution is 2.60. The van der Waals surface area contributed by atoms with Gasteiger partial charge in [0.2, 0.25) is 65.0 Å². The molecule has 0 aromatic rings. The first-order valence-electron chi connectivity index (χ1n) is 43.4. The van der Waals surface area contributed by atoms with Crippen LogP contribution in [0.4, 0.5) is 0 Å². The van der Waals surface area contributed by atoms with E-state index in [1.54, 1.807) is 25.9 Å². The summed E-state index contributed by atoms with van der Waals surface area (Å²) in [4.78, 5) is 170. The Hall–Kier alpha value is -6.60. The van der Waals surface area contributed by atoms with Crippen molar-refractivity contribution in [3.05, 3.63) is 0 Å². The van der Waals surface area contributed by atoms with E-state index in [9.17, 15) is 57.5 Å². The molecule has 10 rings (SSSR count). The molecule has 638 valence electrons. The van der Waals surface area contributed by atoms with E-state index in [0.717, 1.165) is 148 Å². The van der Waals surface area contributed by atoms with E-state index < -0.39 is 132 Å². The standard InChI is InChI=1S/C43H73N7O7.C40H68N8O8/c1-5-11-34-39(53)49-36(29-12-8-6-7-9-13-29)40(54)47-32(23-44)37(51)48-33(25-56-31-21-43(22-31)19-30(45)20-43)38(52)46-26(2)24-57-35(27(3)41(55)50(34)4)16-28-17-42(18-28)14-10-15-42;1-6-7-8-12-15-31-25(4)39(55)48(5)30(16-24(2)3)37(53)47-33(26-13-10-9-11-14-26)38(54)45-28(19-41)36(52)46-29(35(51)44-21-32(49)56-31)20-43-34(50)27-17-40(18-27)22-42-23-40/h26-36H,5-25,44-45H2,1-4H3,(H,46,52)(H,47,54)(H,48,51)(H,49,53);24-31,33,42H,6-23,41H2,1-5H3,(H,43,50)(H,44,51)(H,45,54)(H,46,52)(H,47,53)/t26-,27-,30?,31?,32+,33+,34+,35-,36+,43?;25-,28+,29+,30+,31+,33+/m11/s1. The van der Waals surface area contributed by atoms with Gasteiger partial charge < -0.3 is 94.4 Å². The summed E-state index contributed by atoms with van der Waals surface area (Å²) in [5.74, 6) is -7.62. The van der Waals surface area contributed by atoms with Gasteiger partial charge in [0.1, 0.15) is 61.0 Å². The van der Waals surface area contributed by atoms with Gasteiger partial charge >= 0.3 is 5.97 Å². The minimum atomic E-state index is -1.32. The lowest BCUT2D eigenvalue weighted by Crippen LogP contribution is -2.63. The highest BCUT2D eigenvalue weighted by molar-refractivity contribution is 5.98. The Bertz CT molecular complexity index is 3220. The average molecular weight is 1590 g/mol. The molecule has 3 spiro atoms. The van der Waals surface area contributed by atoms with Gasteiger partial charge in [0, 0.05) is 64.8 Å². The third kappa shape index (κ3) is 24.3. The van der Waals surface area contributed by atoms with E-state index in [2.05, 4.69) is 60.1 Å². The van der Waals surface area contributed by atoms with Crippen LogP contribution in [-0.2, 0) is 71.7 Å². The second kappa shape index (κ2) is 42.0. The van der Waals surface area contributed by atoms with Crippen LogP contribution in [0.3, 0.4) is 0 Å². The van der Waals surface area contributed by atoms with E-state index in [1.165, 1.54) is 24.2 Å². The molecule has 7 saturated carbocycles. The lowest BCUT2D eigenvalue weighted by atomic mass is 9.51. The molecule has 7 aliphatic carbocycles. The Morgan fingerprint density at radius 1 is 0.558 bits per heavy atom. The van der Waals surface area contributed by atoms with Crippen molar-refractivity contribution in [3.8, 4) is 0 Å². The van der Waals surface area contributed by atoms with Crippen LogP contribution in [0.5, 0.6) is 0 Å². The SMILES string of the molecule is CCCCCC[C@@H]1OC(=O)CNC(=O)[C@H](CNC(=O)C2CC3(CNC3)C2)NC(=O)[C@H](CN)NC(=O)[C@H](C2CCCCC2)NC(=O)[C@H](CC(C)C)N(C)C(=O)[C@@H]1C.CCC[C@H]1C(=O)N[C@@H](C2CCCCCC2)C(=O)N[C@@H](CN)C(=O)N[C@@H](COC2CC3(CC(N)C3)C2)C(=O)N[C@H](C)CO[C@H](CC2CC3(CCC3)C2)[C@@H](C)C(=O)N1C. The molecule has 11 amide bonds. The zero-order valence-corrected chi connectivity index (χ0v) is 69.4. The minimum Gasteiger partial charge on any atom is -0.460 e. The molecule has 0 radical (unpaired) electrons. The lowest BCUT2D eigenvalue weighted by Gasteiger charge is -2.56. The topological polar surface area (TPSA) is 437 Å². The molecular formula is C83H141N15O15. The largest absolute Gasteiger partial charge is 0.460 e. The molecule has 30 nitrogen and oxygen atoms in total. The number of cyclic esters (lactones) is 1. The predicted molar refractivity (Wildman–Crippen MR) is 426 cm³/mol. The monoisotopic (exact) mass is 1590 g/mol. The molecule has 10 fully saturated rings. The number of ether oxygens (including phenoxy) is 3. The van der Waals surface area contributed by atoms with Gasteiger partial charge in [-0.05, 0) is 169 Å². The van der Waals surface area contributed by atoms with E-state index >= 15 is 0 Å². The number of carbonyl (C=O) groups excluding carboxylic acids is 12. The number of rotatable bonds is 21. The quantitative estimate of drug-likeness (QED) is 0.0445. The molecule has 0 unspecified atom stereocenters. The van der Waals surface area contributed by atoms with E-state index in [1.807, 2.05) is 34.6 Å². The molecule has 0 bridgehead atoms. The van der Waals surface area contributed by atoms with Crippen molar-refractivity contribution in [3.63, 3.8) is 0 Å². The van der Waals surface area contributed by atoms with Gasteiger partial charge in [0.15, 0.2) is 0 Å². The number of unbranched alkanes of at least 4 members (excludes halogenated alkanes) is 3. The number of nitrogens with two attached hydrogens (primary N) is 3. The molecule has 10 aliphatic rings. The second-order valence-electron chi connectivity index (χ2n) is 36.5. The van der Waals surface area contributed by atoms with Gasteiger partial charge in [-0.1, -0.05) is 119 Å². The third-order valence-corrected chi connectivity index (χ3v) is 26.9. The maximum absolute atomic E-state index is 14.4. The fourth-order valence-corrected chi connectivity index (χ4v) is 19.7. The zero-order chi connectivity index (χ0) is 81.9. The summed E-state index contributed by atoms with van der Waals surface area (Å²) < 4.78 is 18.7. The fraction of sp³-hybridized carbons (Fsp3) is 0.855. The van der Waals surface area contributed by atoms with Crippen LogP contribution >= 0.6 is 0 Å². The summed E-state index contributed by atoms with van der Waals surface area (Å²) in [7, 11) is 3.23. The summed E-state index contributed by atoms with van der Waals surface area (Å²) in [6.07, 6.45) is 25.6. The van der Waals surface area contributed by atoms with Crippen molar-refractivity contribution in [2.45, 2.75) is 326 Å². The van der Waals surface area contributed by atoms with E-state index in [-0.39, 0.29) is 103 Å². The zero-order valence-electron chi connectivity index (χ0n) is 69.4. The van der Waals surface area contributed by atoms with E-state index in [4.69, 9.17) is 31.4 Å². The van der Waals surface area contributed by atoms with Gasteiger partial charge in [0.25, 0.3) is 0 Å². The summed E-state index contributed by atoms with van der Waals surface area (Å²) in [6, 6.07) is -8.71. The number of hydrogen-bond acceptors (Lipinski definition) is 19. The molecule has 30 heteroatoms. The van der Waals surface area contributed by atoms with Crippen molar-refractivity contribution in [2.24, 2.45) is 74.9 Å². The van der Waals surface area contributed by atoms with Crippen LogP contribution < -0.4 is 70.4 Å². The number of esters is 1. The first kappa shape index (κ1) is 90.3. The first-order valence-corrected chi connectivity index (χ1v) is 43.4. The summed E-state index contributed by atoms with van der Waals surface area (Å²) >= 11 is 0. The third-order valence-electron chi connectivity index (χ3n) is 26.9. The van der Waals surface area contributed by atoms with E-state index in [0.29, 0.717) is 56.3 Å². The first-order chi connectivity index (χ1) is 53.9. The van der Waals surface area contributed by atoms with Gasteiger partial charge in [-0.2, -0.15) is 0 Å². The summed E-state index contributed by atoms with van der Waals surface area (Å²) in [6.45, 7) is 13.8. The van der Waals surface area contributed by atoms with Crippen molar-refractivity contribution >= 4 is 70.9 Å². The average Bonchev–Trinajstić information content (AvgIpc) is 0.927. The minimum absolute atomic E-state index is 0.0135. The maximum Gasteiger partial charge on any atom is 0.325 e. The molecule has 0 aromatic heterocycles. The lowest BCUT2D eigenvalue weighted by molar-refractivity contribution is -0.158. The smallest absolute Gasteiger partial charge is 0.325 e. The predicted octanol–water partition coefficient (Wildman–Crippen LogP) is 3.41. The van der Waals surface area contributed by atoms with Crippen LogP contribution in [-0.4, -0.2) is 226 Å². The van der Waals surface area contributed by atoms with Crippen LogP contribution in [0.2, 0.25) is 0 Å². The number of carbonyl (C=O) groups is 12. The number of likely N-dealkylation sites (N-methyl/N-ethyl adjacent to an activating group) is 2. The van der Waals surface area contributed by atoms with Crippen LogP contribution in [0.1, 0.15) is 248 Å². The number of hydrogen-bond donors (Lipinski definition) is 13. The van der Waals surface area contributed by atoms with Crippen LogP contribution in [0, 0.1) is 57.7 Å². The number of amides is 11. The van der Waals surface area contributed by atoms with Crippen LogP contribution in [0.15, 0.2) is 0 Å². The molecule has 3 aliphatic heterocycles. The Labute approximate surface area is 670 Å². The van der Waals surface area contributed by atoms with Gasteiger partial charge in [-0.25, -0.2) is 0 Å².